The van der Waals surface area contributed by atoms with Crippen LogP contribution < -0.4 is 10.6 Å². The number of fused-ring (bicyclic) bond motifs is 1. The number of hydrogen-bond donors (Lipinski definition) is 2. The molecular formula is C17H22N2O. The zero-order chi connectivity index (χ0) is 14.6. The molecule has 2 aromatic carbocycles. The van der Waals surface area contributed by atoms with Gasteiger partial charge in [-0.3, -0.25) is 4.79 Å². The largest absolute Gasteiger partial charge is 0.324 e. The molecule has 0 spiro atoms. The molecule has 0 fully saturated rings. The normalized spacial score (nSPS) is 11.6. The first-order chi connectivity index (χ1) is 9.52. The first-order valence-electron chi connectivity index (χ1n) is 7.04. The summed E-state index contributed by atoms with van der Waals surface area (Å²) < 4.78 is 0. The van der Waals surface area contributed by atoms with E-state index in [-0.39, 0.29) is 11.4 Å². The standard InChI is InChI=1S/C17H22N2O/c1-4-17(2,3)18-12-16(20)19-15-11-7-9-13-8-5-6-10-14(13)15/h5-11,18H,4,12H2,1-3H3,(H,19,20). The lowest BCUT2D eigenvalue weighted by Gasteiger charge is -2.24. The van der Waals surface area contributed by atoms with Crippen molar-refractivity contribution in [3.8, 4) is 0 Å². The van der Waals surface area contributed by atoms with Crippen LogP contribution in [0.15, 0.2) is 42.5 Å². The Labute approximate surface area is 120 Å². The van der Waals surface area contributed by atoms with E-state index in [2.05, 4.69) is 31.4 Å². The second-order valence-corrected chi connectivity index (χ2v) is 5.67. The monoisotopic (exact) mass is 270 g/mol. The van der Waals surface area contributed by atoms with Crippen molar-refractivity contribution in [2.75, 3.05) is 11.9 Å². The fourth-order valence-electron chi connectivity index (χ4n) is 1.97. The smallest absolute Gasteiger partial charge is 0.238 e. The molecule has 20 heavy (non-hydrogen) atoms. The Morgan fingerprint density at radius 3 is 2.55 bits per heavy atom. The van der Waals surface area contributed by atoms with Crippen molar-refractivity contribution in [2.45, 2.75) is 32.7 Å². The fourth-order valence-corrected chi connectivity index (χ4v) is 1.97. The highest BCUT2D eigenvalue weighted by Crippen LogP contribution is 2.22. The number of hydrogen-bond acceptors (Lipinski definition) is 2. The summed E-state index contributed by atoms with van der Waals surface area (Å²) in [6.07, 6.45) is 0.981. The average molecular weight is 270 g/mol. The molecule has 0 saturated carbocycles. The predicted octanol–water partition coefficient (Wildman–Crippen LogP) is 3.56. The minimum Gasteiger partial charge on any atom is -0.324 e. The molecule has 3 nitrogen and oxygen atoms in total. The quantitative estimate of drug-likeness (QED) is 0.872. The topological polar surface area (TPSA) is 41.1 Å². The summed E-state index contributed by atoms with van der Waals surface area (Å²) in [4.78, 5) is 12.0. The van der Waals surface area contributed by atoms with E-state index < -0.39 is 0 Å². The molecule has 0 radical (unpaired) electrons. The molecule has 2 N–H and O–H groups in total. The Balaban J connectivity index is 2.07. The zero-order valence-electron chi connectivity index (χ0n) is 12.4. The van der Waals surface area contributed by atoms with Gasteiger partial charge >= 0.3 is 0 Å². The van der Waals surface area contributed by atoms with Crippen LogP contribution in [0.3, 0.4) is 0 Å². The summed E-state index contributed by atoms with van der Waals surface area (Å²) in [6, 6.07) is 14.0. The molecule has 0 aromatic heterocycles. The number of benzene rings is 2. The number of carbonyl (C=O) groups excluding carboxylic acids is 1. The van der Waals surface area contributed by atoms with E-state index in [1.165, 1.54) is 0 Å². The van der Waals surface area contributed by atoms with Crippen LogP contribution in [0, 0.1) is 0 Å². The fraction of sp³-hybridized carbons (Fsp3) is 0.353. The van der Waals surface area contributed by atoms with Gasteiger partial charge in [0.15, 0.2) is 0 Å². The summed E-state index contributed by atoms with van der Waals surface area (Å²) in [5, 5.41) is 8.44. The number of carbonyl (C=O) groups is 1. The van der Waals surface area contributed by atoms with Gasteiger partial charge in [-0.15, -0.1) is 0 Å². The van der Waals surface area contributed by atoms with Gasteiger partial charge < -0.3 is 10.6 Å². The highest BCUT2D eigenvalue weighted by molar-refractivity contribution is 6.02. The molecule has 0 bridgehead atoms. The van der Waals surface area contributed by atoms with Crippen molar-refractivity contribution >= 4 is 22.4 Å². The Kier molecular flexibility index (Phi) is 4.40. The molecule has 0 aliphatic rings. The highest BCUT2D eigenvalue weighted by atomic mass is 16.1. The van der Waals surface area contributed by atoms with Crippen molar-refractivity contribution in [1.29, 1.82) is 0 Å². The summed E-state index contributed by atoms with van der Waals surface area (Å²) >= 11 is 0. The van der Waals surface area contributed by atoms with Crippen molar-refractivity contribution in [2.24, 2.45) is 0 Å². The minimum atomic E-state index is -0.0178. The van der Waals surface area contributed by atoms with Gasteiger partial charge in [0.05, 0.1) is 6.54 Å². The number of amides is 1. The molecule has 2 aromatic rings. The molecule has 0 atom stereocenters. The maximum atomic E-state index is 12.0. The first kappa shape index (κ1) is 14.5. The number of rotatable bonds is 5. The number of anilines is 1. The van der Waals surface area contributed by atoms with Gasteiger partial charge in [-0.05, 0) is 31.7 Å². The Bertz CT molecular complexity index is 599. The molecule has 0 aliphatic carbocycles. The summed E-state index contributed by atoms with van der Waals surface area (Å²) in [7, 11) is 0. The second-order valence-electron chi connectivity index (χ2n) is 5.67. The summed E-state index contributed by atoms with van der Waals surface area (Å²) in [5.41, 5.74) is 0.847. The van der Waals surface area contributed by atoms with E-state index in [0.717, 1.165) is 22.9 Å². The minimum absolute atomic E-state index is 0.0112. The van der Waals surface area contributed by atoms with E-state index in [1.807, 2.05) is 42.5 Å². The molecule has 2 rings (SSSR count). The summed E-state index contributed by atoms with van der Waals surface area (Å²) in [6.45, 7) is 6.62. The van der Waals surface area contributed by atoms with Crippen molar-refractivity contribution in [3.63, 3.8) is 0 Å². The Morgan fingerprint density at radius 2 is 1.80 bits per heavy atom. The van der Waals surface area contributed by atoms with Crippen LogP contribution >= 0.6 is 0 Å². The Hall–Kier alpha value is -1.87. The van der Waals surface area contributed by atoms with Crippen LogP contribution in [0.5, 0.6) is 0 Å². The predicted molar refractivity (Wildman–Crippen MR) is 85.0 cm³/mol. The third-order valence-electron chi connectivity index (χ3n) is 3.68. The highest BCUT2D eigenvalue weighted by Gasteiger charge is 2.15. The SMILES string of the molecule is CCC(C)(C)NCC(=O)Nc1cccc2ccccc12. The van der Waals surface area contributed by atoms with Crippen molar-refractivity contribution < 1.29 is 4.79 Å². The lowest BCUT2D eigenvalue weighted by atomic mass is 10.0. The Morgan fingerprint density at radius 1 is 1.10 bits per heavy atom. The average Bonchev–Trinajstić information content (AvgIpc) is 2.46. The maximum absolute atomic E-state index is 12.0. The molecule has 0 saturated heterocycles. The van der Waals surface area contributed by atoms with Crippen LogP contribution in [0.1, 0.15) is 27.2 Å². The van der Waals surface area contributed by atoms with Crippen molar-refractivity contribution in [3.05, 3.63) is 42.5 Å². The molecule has 1 amide bonds. The van der Waals surface area contributed by atoms with Gasteiger partial charge in [0.2, 0.25) is 5.91 Å². The molecule has 3 heteroatoms. The third kappa shape index (κ3) is 3.58. The van der Waals surface area contributed by atoms with Gasteiger partial charge in [-0.1, -0.05) is 43.3 Å². The lowest BCUT2D eigenvalue weighted by Crippen LogP contribution is -2.43. The molecule has 0 unspecified atom stereocenters. The first-order valence-corrected chi connectivity index (χ1v) is 7.04. The maximum Gasteiger partial charge on any atom is 0.238 e. The van der Waals surface area contributed by atoms with Crippen LogP contribution in [-0.2, 0) is 4.79 Å². The molecule has 106 valence electrons. The molecule has 0 aliphatic heterocycles. The van der Waals surface area contributed by atoms with Crippen LogP contribution in [0.2, 0.25) is 0 Å². The van der Waals surface area contributed by atoms with E-state index in [1.54, 1.807) is 0 Å². The van der Waals surface area contributed by atoms with Crippen LogP contribution in [-0.4, -0.2) is 18.0 Å². The number of nitrogens with one attached hydrogen (secondary N) is 2. The molecular weight excluding hydrogens is 248 g/mol. The van der Waals surface area contributed by atoms with Gasteiger partial charge in [0, 0.05) is 16.6 Å². The van der Waals surface area contributed by atoms with E-state index in [9.17, 15) is 4.79 Å². The van der Waals surface area contributed by atoms with Crippen LogP contribution in [0.25, 0.3) is 10.8 Å². The van der Waals surface area contributed by atoms with Gasteiger partial charge in [0.1, 0.15) is 0 Å². The second kappa shape index (κ2) is 6.06. The van der Waals surface area contributed by atoms with E-state index in [4.69, 9.17) is 0 Å². The van der Waals surface area contributed by atoms with E-state index >= 15 is 0 Å². The van der Waals surface area contributed by atoms with Crippen LogP contribution in [0.4, 0.5) is 5.69 Å². The van der Waals surface area contributed by atoms with Gasteiger partial charge in [0.25, 0.3) is 0 Å². The van der Waals surface area contributed by atoms with E-state index in [0.29, 0.717) is 6.54 Å². The zero-order valence-corrected chi connectivity index (χ0v) is 12.4. The van der Waals surface area contributed by atoms with Gasteiger partial charge in [-0.2, -0.15) is 0 Å². The van der Waals surface area contributed by atoms with Gasteiger partial charge in [-0.25, -0.2) is 0 Å². The molecule has 0 heterocycles. The third-order valence-corrected chi connectivity index (χ3v) is 3.68. The summed E-state index contributed by atoms with van der Waals surface area (Å²) in [5.74, 6) is -0.0112. The van der Waals surface area contributed by atoms with Crippen molar-refractivity contribution in [1.82, 2.24) is 5.32 Å². The lowest BCUT2D eigenvalue weighted by molar-refractivity contribution is -0.115.